The molecule has 866 valence electrons. The zero-order valence-electron chi connectivity index (χ0n) is 92.3. The Morgan fingerprint density at radius 2 is 0.906 bits per heavy atom. The minimum absolute atomic E-state index is 0. The summed E-state index contributed by atoms with van der Waals surface area (Å²) in [6.45, 7) is 99.0. The van der Waals surface area contributed by atoms with E-state index in [4.69, 9.17) is 14.6 Å². The maximum Gasteiger partial charge on any atom is 0.221 e. The number of anilines is 2. The van der Waals surface area contributed by atoms with E-state index < -0.39 is 0 Å². The molecule has 0 spiro atoms. The highest BCUT2D eigenvalue weighted by Gasteiger charge is 2.25. The molecule has 0 aromatic carbocycles. The van der Waals surface area contributed by atoms with Gasteiger partial charge in [-0.2, -0.15) is 55.8 Å². The molecule has 0 fully saturated rings. The zero-order chi connectivity index (χ0) is 104. The average Bonchev–Trinajstić information content (AvgIpc) is 1.71. The van der Waals surface area contributed by atoms with Crippen molar-refractivity contribution in [1.29, 1.82) is 0 Å². The summed E-state index contributed by atoms with van der Waals surface area (Å²) in [5.74, 6) is 4.51. The summed E-state index contributed by atoms with van der Waals surface area (Å²) >= 11 is 1.81. The molecule has 0 amide bonds. The standard InChI is InChI=1S/C9H15NS.C8H15N3.2C8H14N2.C8H13NO.C7H13N3.C7H12N2O.4C7H12N2.3C6H11N3.14CH4/c1-6-8(9(3,4)5)11-7(2)10-6;1-8(2,3)11-6-5-7(9-4)10-11;1-8(2,3)7-5-9-10(4)6-7;1-6-5-7(10-9-6)8(2,3)4;1-6-5-9-7(10-6)8(2,3)4;1-7(2,3)10-5-4-6(8)9-10;1-5-8-9-6(10-5)7(2,3)4;1-7(2,3)6-4-8-9-5-6;1-7(2,3)9-5-4-8-6-9;1-7(2,3)9-6-4-5-8-9;1-7(2,3)6-4-5-8-9-6;1-6(2,3)9-5-7-4-8-9;1-6(2,3)9-5-4-7-8-9;1-6(2,3)9-7-4-5-8-9;;;;;;;;;;;;;;/h1-5H3;5-6H,1-4H3,(H,9,10);5-6H,1-4H3;5H,1-4H3,(H,9,10);5H,1-4H3;4-5H,1-3H3,(H2,8,9);1-4H3;4-5H,1-3H3,(H,8,9);2*4-6H,1-3H3;4-5H,1-3H3,(H,8,9);3*4-5H,1-3H3;14*1H4. The second kappa shape index (κ2) is 71.4. The first kappa shape index (κ1) is 168. The molecule has 0 aliphatic carbocycles. The Labute approximate surface area is 917 Å². The van der Waals surface area contributed by atoms with Gasteiger partial charge in [0.25, 0.3) is 0 Å². The third kappa shape index (κ3) is 68.9. The number of aromatic amines is 3. The molecule has 14 heterocycles. The quantitative estimate of drug-likeness (QED) is 0.102. The van der Waals surface area contributed by atoms with E-state index in [1.165, 1.54) is 32.4 Å². The monoisotopic (exact) mass is 2110 g/mol. The Morgan fingerprint density at radius 1 is 0.403 bits per heavy atom. The van der Waals surface area contributed by atoms with Gasteiger partial charge >= 0.3 is 0 Å². The van der Waals surface area contributed by atoms with Crippen molar-refractivity contribution in [2.45, 2.75) is 506 Å². The van der Waals surface area contributed by atoms with Crippen molar-refractivity contribution < 1.29 is 8.83 Å². The Morgan fingerprint density at radius 3 is 1.10 bits per heavy atom. The van der Waals surface area contributed by atoms with Crippen molar-refractivity contribution in [1.82, 2.24) is 144 Å². The number of rotatable bonds is 1. The van der Waals surface area contributed by atoms with E-state index in [1.807, 2.05) is 162 Å². The summed E-state index contributed by atoms with van der Waals surface area (Å²) in [4.78, 5) is 19.4. The summed E-state index contributed by atoms with van der Waals surface area (Å²) in [5.41, 5.74) is 14.3. The van der Waals surface area contributed by atoms with E-state index in [9.17, 15) is 0 Å². The fourth-order valence-corrected chi connectivity index (χ4v) is 11.0. The first-order chi connectivity index (χ1) is 61.2. The highest BCUT2D eigenvalue weighted by molar-refractivity contribution is 7.11. The molecule has 0 saturated carbocycles. The Balaban J connectivity index is -0.000000109. The maximum atomic E-state index is 5.44. The number of nitrogens with zero attached hydrogens (tertiary/aromatic N) is 26. The summed E-state index contributed by atoms with van der Waals surface area (Å²) in [6.07, 6.45) is 34.7. The number of nitrogen functional groups attached to an aromatic ring is 1. The number of oxazole rings is 1. The number of imidazole rings is 1. The predicted molar refractivity (Wildman–Crippen MR) is 649 cm³/mol. The fraction of sp³-hybridized carbons (Fsp3) is 0.670. The number of aryl methyl sites for hydroxylation is 6. The zero-order valence-corrected chi connectivity index (χ0v) is 93.1. The third-order valence-electron chi connectivity index (χ3n) is 18.3. The number of hydrogen-bond donors (Lipinski definition) is 5. The average molecular weight is 2110 g/mol. The summed E-state index contributed by atoms with van der Waals surface area (Å²) in [5, 5.41) is 68.4. The van der Waals surface area contributed by atoms with Crippen LogP contribution in [0.1, 0.15) is 462 Å². The second-order valence-corrected chi connectivity index (χ2v) is 48.0. The molecule has 0 radical (unpaired) electrons. The van der Waals surface area contributed by atoms with Crippen molar-refractivity contribution in [2.75, 3.05) is 18.1 Å². The normalized spacial score (nSPS) is 10.8. The molecule has 6 N–H and O–H groups in total. The van der Waals surface area contributed by atoms with Crippen molar-refractivity contribution in [3.05, 3.63) is 216 Å². The molecule has 33 nitrogen and oxygen atoms in total. The number of H-pyrrole nitrogens is 3. The molecule has 14 rings (SSSR count). The van der Waals surface area contributed by atoms with Gasteiger partial charge in [-0.3, -0.25) is 34.0 Å². The van der Waals surface area contributed by atoms with Crippen LogP contribution in [0.2, 0.25) is 0 Å². The van der Waals surface area contributed by atoms with E-state index in [0.717, 1.165) is 28.9 Å². The van der Waals surface area contributed by atoms with Gasteiger partial charge in [0.2, 0.25) is 11.8 Å². The minimum atomic E-state index is -0.0265. The molecule has 0 aliphatic heterocycles. The molecule has 149 heavy (non-hydrogen) atoms. The van der Waals surface area contributed by atoms with Gasteiger partial charge in [0, 0.05) is 133 Å². The van der Waals surface area contributed by atoms with Crippen molar-refractivity contribution in [3.63, 3.8) is 0 Å². The second-order valence-electron chi connectivity index (χ2n) is 46.8. The van der Waals surface area contributed by atoms with Crippen LogP contribution in [0.4, 0.5) is 11.6 Å². The smallest absolute Gasteiger partial charge is 0.221 e. The third-order valence-corrected chi connectivity index (χ3v) is 19.8. The largest absolute Gasteiger partial charge is 0.445 e. The van der Waals surface area contributed by atoms with Crippen LogP contribution >= 0.6 is 11.3 Å². The lowest BCUT2D eigenvalue weighted by atomic mass is 9.90. The van der Waals surface area contributed by atoms with E-state index in [1.54, 1.807) is 73.8 Å². The highest BCUT2D eigenvalue weighted by atomic mass is 32.1. The lowest BCUT2D eigenvalue weighted by Gasteiger charge is -2.19. The van der Waals surface area contributed by atoms with E-state index in [-0.39, 0.29) is 181 Å². The van der Waals surface area contributed by atoms with Gasteiger partial charge in [-0.1, -0.05) is 255 Å². The van der Waals surface area contributed by atoms with Gasteiger partial charge in [-0.25, -0.2) is 29.3 Å². The van der Waals surface area contributed by atoms with Crippen molar-refractivity contribution in [3.8, 4) is 0 Å². The molecule has 34 heteroatoms. The number of thiazole rings is 1. The Hall–Kier alpha value is -11.3. The van der Waals surface area contributed by atoms with Crippen LogP contribution in [-0.2, 0) is 83.7 Å². The first-order valence-electron chi connectivity index (χ1n) is 46.0. The summed E-state index contributed by atoms with van der Waals surface area (Å²) < 4.78 is 23.9. The van der Waals surface area contributed by atoms with Crippen LogP contribution in [0, 0.1) is 34.6 Å². The number of aromatic nitrogens is 29. The van der Waals surface area contributed by atoms with E-state index in [2.05, 4.69) is 413 Å². The molecular weight excluding hydrogens is 1880 g/mol. The lowest BCUT2D eigenvalue weighted by Crippen LogP contribution is -2.24. The van der Waals surface area contributed by atoms with Crippen LogP contribution in [0.15, 0.2) is 157 Å². The van der Waals surface area contributed by atoms with Crippen LogP contribution in [-0.4, -0.2) is 151 Å². The van der Waals surface area contributed by atoms with Crippen molar-refractivity contribution in [2.24, 2.45) is 7.05 Å². The molecule has 14 aromatic heterocycles. The molecule has 0 bridgehead atoms. The fourth-order valence-electron chi connectivity index (χ4n) is 10.0. The number of nitrogens with two attached hydrogens (primary N) is 1. The Kier molecular flexibility index (Phi) is 80.6. The summed E-state index contributed by atoms with van der Waals surface area (Å²) in [7, 11) is 3.81. The first-order valence-corrected chi connectivity index (χ1v) is 46.8. The highest BCUT2D eigenvalue weighted by Crippen LogP contribution is 2.31. The molecular formula is C115H233N31O2S. The van der Waals surface area contributed by atoms with E-state index >= 15 is 0 Å². The lowest BCUT2D eigenvalue weighted by molar-refractivity contribution is 0.312. The number of nitrogens with one attached hydrogen (secondary N) is 4. The number of hydrogen-bond acceptors (Lipinski definition) is 23. The van der Waals surface area contributed by atoms with Crippen LogP contribution in [0.3, 0.4) is 0 Å². The van der Waals surface area contributed by atoms with Gasteiger partial charge < -0.3 is 24.5 Å². The Bertz CT molecular complexity index is 4610. The summed E-state index contributed by atoms with van der Waals surface area (Å²) in [6, 6.07) is 9.78. The van der Waals surface area contributed by atoms with Crippen LogP contribution < -0.4 is 11.1 Å². The molecule has 14 aromatic rings. The van der Waals surface area contributed by atoms with Gasteiger partial charge in [-0.05, 0) is 225 Å². The van der Waals surface area contributed by atoms with E-state index in [0.29, 0.717) is 17.6 Å². The van der Waals surface area contributed by atoms with Gasteiger partial charge in [0.05, 0.1) is 93.1 Å². The van der Waals surface area contributed by atoms with Crippen molar-refractivity contribution >= 4 is 23.0 Å². The molecule has 0 atom stereocenters. The van der Waals surface area contributed by atoms with Crippen LogP contribution in [0.5, 0.6) is 0 Å². The SMILES string of the molecule is C.C.C.C.C.C.C.C.C.C.C.C.C.C.CC(C)(C)c1ccn[nH]1.CC(C)(C)c1cn[nH]c1.CC(C)(C)n1ccc(N)n1.CC(C)(C)n1cccn1.CC(C)(C)n1ccnc1.CC(C)(C)n1ccnn1.CC(C)(C)n1cncn1.CC(C)(C)n1nccn1.CNc1ccn(C(C)(C)C)n1.Cc1cc(C(C)(C)C)n[nH]1.Cc1cnc(C(C)(C)C)o1.Cc1nc(C)c(C(C)(C)C)s1.Cc1nnc(C(C)(C)C)o1.Cn1cc(C(C)(C)C)cn1. The molecule has 0 aliphatic rings. The molecule has 0 saturated heterocycles. The predicted octanol–water partition coefficient (Wildman–Crippen LogP) is 32.3. The van der Waals surface area contributed by atoms with Crippen LogP contribution in [0.25, 0.3) is 0 Å². The minimum Gasteiger partial charge on any atom is -0.445 e. The van der Waals surface area contributed by atoms with Gasteiger partial charge in [0.15, 0.2) is 5.89 Å². The maximum absolute atomic E-state index is 5.44. The molecule has 0 unspecified atom stereocenters. The topological polar surface area (TPSA) is 383 Å². The van der Waals surface area contributed by atoms with Gasteiger partial charge in [0.1, 0.15) is 30.1 Å². The van der Waals surface area contributed by atoms with Gasteiger partial charge in [-0.15, -0.1) is 26.6 Å².